The SMILES string of the molecule is COC(=O)CN1C(=O)N/C(=C/c2cc(Br)ccc2OCc2ccc(C(=O)O)cc2)C1=O. The number of amides is 3. The number of hydrogen-bond donors (Lipinski definition) is 2. The molecular formula is C21H17BrN2O7. The van der Waals surface area contributed by atoms with E-state index in [9.17, 15) is 19.2 Å². The third kappa shape index (κ3) is 5.28. The molecule has 0 aliphatic carbocycles. The topological polar surface area (TPSA) is 122 Å². The molecule has 0 saturated carbocycles. The third-order valence-electron chi connectivity index (χ3n) is 4.34. The zero-order chi connectivity index (χ0) is 22.5. The number of benzene rings is 2. The smallest absolute Gasteiger partial charge is 0.335 e. The summed E-state index contributed by atoms with van der Waals surface area (Å²) >= 11 is 3.36. The molecule has 0 atom stereocenters. The monoisotopic (exact) mass is 488 g/mol. The first-order valence-corrected chi connectivity index (χ1v) is 9.73. The van der Waals surface area contributed by atoms with Gasteiger partial charge < -0.3 is 19.9 Å². The first-order chi connectivity index (χ1) is 14.8. The molecule has 0 aromatic heterocycles. The van der Waals surface area contributed by atoms with Gasteiger partial charge >= 0.3 is 18.0 Å². The van der Waals surface area contributed by atoms with E-state index in [1.807, 2.05) is 0 Å². The van der Waals surface area contributed by atoms with Crippen LogP contribution >= 0.6 is 15.9 Å². The number of urea groups is 1. The second-order valence-corrected chi connectivity index (χ2v) is 7.34. The first kappa shape index (κ1) is 22.0. The molecule has 160 valence electrons. The number of halogens is 1. The van der Waals surface area contributed by atoms with Crippen molar-refractivity contribution >= 4 is 45.9 Å². The van der Waals surface area contributed by atoms with E-state index in [0.29, 0.717) is 11.3 Å². The maximum absolute atomic E-state index is 12.5. The summed E-state index contributed by atoms with van der Waals surface area (Å²) in [4.78, 5) is 47.7. The highest BCUT2D eigenvalue weighted by Crippen LogP contribution is 2.27. The number of nitrogens with one attached hydrogen (secondary N) is 1. The molecule has 10 heteroatoms. The Hall–Kier alpha value is -3.66. The molecule has 0 spiro atoms. The van der Waals surface area contributed by atoms with Crippen molar-refractivity contribution in [3.8, 4) is 5.75 Å². The molecule has 1 aliphatic rings. The van der Waals surface area contributed by atoms with Gasteiger partial charge in [-0.25, -0.2) is 14.5 Å². The van der Waals surface area contributed by atoms with Crippen LogP contribution in [0.5, 0.6) is 5.75 Å². The van der Waals surface area contributed by atoms with Gasteiger partial charge in [0, 0.05) is 10.0 Å². The lowest BCUT2D eigenvalue weighted by Crippen LogP contribution is -2.36. The fraction of sp³-hybridized carbons (Fsp3) is 0.143. The molecule has 0 bridgehead atoms. The summed E-state index contributed by atoms with van der Waals surface area (Å²) in [6.45, 7) is -0.334. The summed E-state index contributed by atoms with van der Waals surface area (Å²) < 4.78 is 11.1. The van der Waals surface area contributed by atoms with Crippen LogP contribution in [0.2, 0.25) is 0 Å². The van der Waals surface area contributed by atoms with Gasteiger partial charge in [0.15, 0.2) is 0 Å². The minimum absolute atomic E-state index is 0.0114. The number of ether oxygens (including phenoxy) is 2. The molecule has 1 aliphatic heterocycles. The first-order valence-electron chi connectivity index (χ1n) is 8.94. The van der Waals surface area contributed by atoms with Crippen molar-refractivity contribution in [3.63, 3.8) is 0 Å². The quantitative estimate of drug-likeness (QED) is 0.349. The largest absolute Gasteiger partial charge is 0.488 e. The van der Waals surface area contributed by atoms with Crippen molar-refractivity contribution in [2.45, 2.75) is 6.61 Å². The summed E-state index contributed by atoms with van der Waals surface area (Å²) in [5, 5.41) is 11.4. The molecule has 0 radical (unpaired) electrons. The second kappa shape index (κ2) is 9.43. The summed E-state index contributed by atoms with van der Waals surface area (Å²) in [6, 6.07) is 10.7. The van der Waals surface area contributed by atoms with E-state index in [-0.39, 0.29) is 17.9 Å². The van der Waals surface area contributed by atoms with Crippen molar-refractivity contribution in [1.29, 1.82) is 0 Å². The predicted molar refractivity (Wildman–Crippen MR) is 112 cm³/mol. The Morgan fingerprint density at radius 2 is 1.87 bits per heavy atom. The number of aromatic carboxylic acids is 1. The van der Waals surface area contributed by atoms with E-state index >= 15 is 0 Å². The fourth-order valence-electron chi connectivity index (χ4n) is 2.73. The third-order valence-corrected chi connectivity index (χ3v) is 4.84. The second-order valence-electron chi connectivity index (χ2n) is 6.43. The summed E-state index contributed by atoms with van der Waals surface area (Å²) in [5.41, 5.74) is 1.42. The van der Waals surface area contributed by atoms with Crippen LogP contribution in [0.15, 0.2) is 52.6 Å². The molecule has 1 fully saturated rings. The van der Waals surface area contributed by atoms with E-state index < -0.39 is 30.4 Å². The molecule has 9 nitrogen and oxygen atoms in total. The molecule has 0 unspecified atom stereocenters. The van der Waals surface area contributed by atoms with Gasteiger partial charge in [0.05, 0.1) is 12.7 Å². The number of carboxylic acid groups (broad SMARTS) is 1. The number of rotatable bonds is 7. The summed E-state index contributed by atoms with van der Waals surface area (Å²) in [7, 11) is 1.16. The van der Waals surface area contributed by atoms with Gasteiger partial charge in [-0.3, -0.25) is 9.59 Å². The number of esters is 1. The van der Waals surface area contributed by atoms with Gasteiger partial charge in [-0.15, -0.1) is 0 Å². The predicted octanol–water partition coefficient (Wildman–Crippen LogP) is 2.79. The van der Waals surface area contributed by atoms with E-state index in [4.69, 9.17) is 9.84 Å². The Morgan fingerprint density at radius 3 is 2.52 bits per heavy atom. The lowest BCUT2D eigenvalue weighted by Gasteiger charge is -2.11. The van der Waals surface area contributed by atoms with Crippen LogP contribution in [-0.2, 0) is 20.9 Å². The Bertz CT molecular complexity index is 1080. The molecule has 2 N–H and O–H groups in total. The van der Waals surface area contributed by atoms with Gasteiger partial charge in [0.1, 0.15) is 24.6 Å². The van der Waals surface area contributed by atoms with Crippen molar-refractivity contribution in [3.05, 3.63) is 69.3 Å². The molecule has 1 heterocycles. The molecule has 2 aromatic carbocycles. The van der Waals surface area contributed by atoms with Crippen LogP contribution in [-0.4, -0.2) is 47.5 Å². The molecule has 31 heavy (non-hydrogen) atoms. The average molecular weight is 489 g/mol. The van der Waals surface area contributed by atoms with Crippen molar-refractivity contribution in [1.82, 2.24) is 10.2 Å². The lowest BCUT2D eigenvalue weighted by molar-refractivity contribution is -0.143. The van der Waals surface area contributed by atoms with Gasteiger partial charge in [-0.05, 0) is 42.0 Å². The van der Waals surface area contributed by atoms with Gasteiger partial charge in [-0.2, -0.15) is 0 Å². The van der Waals surface area contributed by atoms with Crippen molar-refractivity contribution in [2.24, 2.45) is 0 Å². The Balaban J connectivity index is 1.80. The number of nitrogens with zero attached hydrogens (tertiary/aromatic N) is 1. The number of carbonyl (C=O) groups is 4. The van der Waals surface area contributed by atoms with Crippen LogP contribution in [0.25, 0.3) is 6.08 Å². The standard InChI is InChI=1S/C21H17BrN2O7/c1-30-18(25)10-24-19(26)16(23-21(24)29)9-14-8-15(22)6-7-17(14)31-11-12-2-4-13(5-3-12)20(27)28/h2-9H,10-11H2,1H3,(H,23,29)(H,27,28)/b16-9+. The minimum Gasteiger partial charge on any atom is -0.488 e. The molecule has 3 rings (SSSR count). The van der Waals surface area contributed by atoms with E-state index in [2.05, 4.69) is 26.0 Å². The van der Waals surface area contributed by atoms with Crippen molar-refractivity contribution < 1.29 is 33.8 Å². The number of carbonyl (C=O) groups excluding carboxylic acids is 3. The zero-order valence-corrected chi connectivity index (χ0v) is 17.8. The lowest BCUT2D eigenvalue weighted by atomic mass is 10.1. The molecule has 1 saturated heterocycles. The maximum Gasteiger partial charge on any atom is 0.335 e. The minimum atomic E-state index is -1.01. The highest BCUT2D eigenvalue weighted by molar-refractivity contribution is 9.10. The highest BCUT2D eigenvalue weighted by atomic mass is 79.9. The Kier molecular flexibility index (Phi) is 6.71. The van der Waals surface area contributed by atoms with Gasteiger partial charge in [-0.1, -0.05) is 28.1 Å². The molecular weight excluding hydrogens is 472 g/mol. The van der Waals surface area contributed by atoms with E-state index in [0.717, 1.165) is 22.0 Å². The number of carboxylic acids is 1. The zero-order valence-electron chi connectivity index (χ0n) is 16.3. The summed E-state index contributed by atoms with van der Waals surface area (Å²) in [6.07, 6.45) is 1.45. The summed E-state index contributed by atoms with van der Waals surface area (Å²) in [5.74, 6) is -1.96. The fourth-order valence-corrected chi connectivity index (χ4v) is 3.11. The number of imide groups is 1. The normalized spacial score (nSPS) is 14.5. The highest BCUT2D eigenvalue weighted by Gasteiger charge is 2.35. The van der Waals surface area contributed by atoms with Crippen LogP contribution in [0.1, 0.15) is 21.5 Å². The van der Waals surface area contributed by atoms with Crippen LogP contribution < -0.4 is 10.1 Å². The molecule has 2 aromatic rings. The average Bonchev–Trinajstić information content (AvgIpc) is 3.00. The number of hydrogen-bond acceptors (Lipinski definition) is 6. The van der Waals surface area contributed by atoms with E-state index in [1.165, 1.54) is 18.2 Å². The van der Waals surface area contributed by atoms with Crippen LogP contribution in [0.4, 0.5) is 4.79 Å². The Morgan fingerprint density at radius 1 is 1.16 bits per heavy atom. The molecule has 3 amide bonds. The maximum atomic E-state index is 12.5. The number of methoxy groups -OCH3 is 1. The van der Waals surface area contributed by atoms with Crippen molar-refractivity contribution in [2.75, 3.05) is 13.7 Å². The van der Waals surface area contributed by atoms with E-state index in [1.54, 1.807) is 30.3 Å². The van der Waals surface area contributed by atoms with Crippen LogP contribution in [0.3, 0.4) is 0 Å². The Labute approximate surface area is 185 Å². The van der Waals surface area contributed by atoms with Gasteiger partial charge in [0.2, 0.25) is 0 Å². The van der Waals surface area contributed by atoms with Gasteiger partial charge in [0.25, 0.3) is 5.91 Å². The van der Waals surface area contributed by atoms with Crippen LogP contribution in [0, 0.1) is 0 Å².